The van der Waals surface area contributed by atoms with Crippen LogP contribution >= 0.6 is 11.6 Å². The fraction of sp³-hybridized carbons (Fsp3) is 0.409. The Hall–Kier alpha value is -2.07. The number of H-pyrrole nitrogens is 1. The van der Waals surface area contributed by atoms with Gasteiger partial charge in [0.05, 0.1) is 16.9 Å². The fourth-order valence-electron chi connectivity index (χ4n) is 3.98. The number of halogens is 1. The first-order chi connectivity index (χ1) is 12.9. The number of fused-ring (bicyclic) bond motifs is 1. The largest absolute Gasteiger partial charge is 0.360 e. The van der Waals surface area contributed by atoms with E-state index in [1.165, 1.54) is 6.42 Å². The molecule has 141 valence electrons. The van der Waals surface area contributed by atoms with Crippen molar-refractivity contribution in [3.63, 3.8) is 0 Å². The van der Waals surface area contributed by atoms with Crippen molar-refractivity contribution in [1.29, 1.82) is 0 Å². The smallest absolute Gasteiger partial charge is 0.223 e. The number of nitrogens with zero attached hydrogens (tertiary/aromatic N) is 2. The zero-order valence-electron chi connectivity index (χ0n) is 16.1. The number of hydrogen-bond donors (Lipinski definition) is 2. The van der Waals surface area contributed by atoms with Gasteiger partial charge in [0.15, 0.2) is 0 Å². The van der Waals surface area contributed by atoms with Gasteiger partial charge in [-0.2, -0.15) is 0 Å². The van der Waals surface area contributed by atoms with E-state index in [-0.39, 0.29) is 0 Å². The van der Waals surface area contributed by atoms with Crippen LogP contribution in [0.15, 0.2) is 36.7 Å². The van der Waals surface area contributed by atoms with Crippen molar-refractivity contribution in [3.8, 4) is 11.3 Å². The number of aromatic amines is 1. The molecule has 4 nitrogen and oxygen atoms in total. The lowest BCUT2D eigenvalue weighted by Crippen LogP contribution is -2.34. The number of hydrogen-bond acceptors (Lipinski definition) is 3. The van der Waals surface area contributed by atoms with E-state index in [2.05, 4.69) is 54.6 Å². The highest BCUT2D eigenvalue weighted by Gasteiger charge is 2.31. The third-order valence-electron chi connectivity index (χ3n) is 5.63. The lowest BCUT2D eigenvalue weighted by molar-refractivity contribution is 0.189. The maximum Gasteiger partial charge on any atom is 0.223 e. The first kappa shape index (κ1) is 18.3. The Bertz CT molecular complexity index is 941. The predicted molar refractivity (Wildman–Crippen MR) is 113 cm³/mol. The maximum absolute atomic E-state index is 6.44. The van der Waals surface area contributed by atoms with E-state index in [1.807, 2.05) is 18.3 Å². The lowest BCUT2D eigenvalue weighted by atomic mass is 9.71. The first-order valence-corrected chi connectivity index (χ1v) is 9.98. The average Bonchev–Trinajstić information content (AvgIpc) is 3.07. The van der Waals surface area contributed by atoms with Gasteiger partial charge in [-0.15, -0.1) is 0 Å². The summed E-state index contributed by atoms with van der Waals surface area (Å²) in [5.41, 5.74) is 3.16. The van der Waals surface area contributed by atoms with Gasteiger partial charge in [0.2, 0.25) is 5.95 Å². The molecule has 1 aliphatic rings. The summed E-state index contributed by atoms with van der Waals surface area (Å²) >= 11 is 6.44. The number of benzene rings is 1. The van der Waals surface area contributed by atoms with Gasteiger partial charge >= 0.3 is 0 Å². The van der Waals surface area contributed by atoms with Gasteiger partial charge in [-0.3, -0.25) is 0 Å². The van der Waals surface area contributed by atoms with Crippen molar-refractivity contribution in [2.24, 2.45) is 11.3 Å². The van der Waals surface area contributed by atoms with Crippen molar-refractivity contribution in [2.45, 2.75) is 46.1 Å². The summed E-state index contributed by atoms with van der Waals surface area (Å²) < 4.78 is 0. The molecule has 1 fully saturated rings. The highest BCUT2D eigenvalue weighted by atomic mass is 35.5. The van der Waals surface area contributed by atoms with E-state index in [0.29, 0.717) is 28.3 Å². The Balaban J connectivity index is 1.60. The molecule has 2 atom stereocenters. The van der Waals surface area contributed by atoms with Gasteiger partial charge in [-0.25, -0.2) is 9.97 Å². The van der Waals surface area contributed by atoms with Gasteiger partial charge in [0.25, 0.3) is 0 Å². The molecule has 0 amide bonds. The van der Waals surface area contributed by atoms with Crippen LogP contribution in [-0.2, 0) is 0 Å². The summed E-state index contributed by atoms with van der Waals surface area (Å²) in [6, 6.07) is 8.46. The minimum absolute atomic E-state index is 0.292. The molecular formula is C22H26ClN4. The minimum atomic E-state index is 0.292. The molecule has 0 aliphatic heterocycles. The van der Waals surface area contributed by atoms with Crippen molar-refractivity contribution in [1.82, 2.24) is 15.0 Å². The Morgan fingerprint density at radius 3 is 2.85 bits per heavy atom. The number of aromatic nitrogens is 3. The SMILES string of the molecule is CC(C)(C)[C@H]1CC[CH][C@@H](Nc2ncc(Cl)c(-c3c[nH]c4ccccc34)n2)C1. The van der Waals surface area contributed by atoms with Crippen molar-refractivity contribution in [2.75, 3.05) is 5.32 Å². The van der Waals surface area contributed by atoms with E-state index < -0.39 is 0 Å². The van der Waals surface area contributed by atoms with Crippen LogP contribution in [0.25, 0.3) is 22.2 Å². The average molecular weight is 382 g/mol. The second-order valence-corrected chi connectivity index (χ2v) is 8.91. The van der Waals surface area contributed by atoms with Crippen LogP contribution in [0.1, 0.15) is 40.0 Å². The van der Waals surface area contributed by atoms with Crippen LogP contribution in [0.4, 0.5) is 5.95 Å². The minimum Gasteiger partial charge on any atom is -0.360 e. The third kappa shape index (κ3) is 3.81. The fourth-order valence-corrected chi connectivity index (χ4v) is 4.18. The normalized spacial score (nSPS) is 20.7. The highest BCUT2D eigenvalue weighted by molar-refractivity contribution is 6.33. The molecule has 27 heavy (non-hydrogen) atoms. The van der Waals surface area contributed by atoms with E-state index in [0.717, 1.165) is 35.0 Å². The Labute approximate surface area is 165 Å². The molecule has 0 saturated heterocycles. The molecule has 0 unspecified atom stereocenters. The zero-order valence-corrected chi connectivity index (χ0v) is 16.8. The van der Waals surface area contributed by atoms with Crippen LogP contribution < -0.4 is 5.32 Å². The van der Waals surface area contributed by atoms with Gasteiger partial charge < -0.3 is 10.3 Å². The number of anilines is 1. The summed E-state index contributed by atoms with van der Waals surface area (Å²) in [4.78, 5) is 12.5. The summed E-state index contributed by atoms with van der Waals surface area (Å²) in [5.74, 6) is 1.33. The number of rotatable bonds is 3. The van der Waals surface area contributed by atoms with Crippen LogP contribution in [0, 0.1) is 17.8 Å². The van der Waals surface area contributed by atoms with E-state index in [4.69, 9.17) is 16.6 Å². The molecule has 1 radical (unpaired) electrons. The highest BCUT2D eigenvalue weighted by Crippen LogP contribution is 2.38. The second-order valence-electron chi connectivity index (χ2n) is 8.50. The zero-order chi connectivity index (χ0) is 19.0. The topological polar surface area (TPSA) is 53.6 Å². The van der Waals surface area contributed by atoms with Crippen LogP contribution in [-0.4, -0.2) is 21.0 Å². The molecular weight excluding hydrogens is 356 g/mol. The van der Waals surface area contributed by atoms with E-state index in [1.54, 1.807) is 6.20 Å². The predicted octanol–water partition coefficient (Wildman–Crippen LogP) is 6.11. The molecule has 4 rings (SSSR count). The quantitative estimate of drug-likeness (QED) is 0.575. The number of para-hydroxylation sites is 1. The summed E-state index contributed by atoms with van der Waals surface area (Å²) in [5, 5.41) is 5.19. The monoisotopic (exact) mass is 381 g/mol. The molecule has 1 saturated carbocycles. The molecule has 1 aromatic carbocycles. The van der Waals surface area contributed by atoms with Gasteiger partial charge in [0, 0.05) is 28.7 Å². The van der Waals surface area contributed by atoms with Crippen LogP contribution in [0.2, 0.25) is 5.02 Å². The molecule has 2 N–H and O–H groups in total. The molecule has 0 bridgehead atoms. The van der Waals surface area contributed by atoms with Crippen molar-refractivity contribution in [3.05, 3.63) is 48.1 Å². The molecule has 1 aliphatic carbocycles. The van der Waals surface area contributed by atoms with Gasteiger partial charge in [-0.05, 0) is 43.1 Å². The maximum atomic E-state index is 6.44. The number of nitrogens with one attached hydrogen (secondary N) is 2. The lowest BCUT2D eigenvalue weighted by Gasteiger charge is -2.37. The Morgan fingerprint density at radius 1 is 1.22 bits per heavy atom. The summed E-state index contributed by atoms with van der Waals surface area (Å²) in [6.45, 7) is 6.98. The summed E-state index contributed by atoms with van der Waals surface area (Å²) in [6.07, 6.45) is 9.50. The van der Waals surface area contributed by atoms with Crippen LogP contribution in [0.3, 0.4) is 0 Å². The Kier molecular flexibility index (Phi) is 4.85. The van der Waals surface area contributed by atoms with Gasteiger partial charge in [0.1, 0.15) is 0 Å². The second kappa shape index (κ2) is 7.16. The van der Waals surface area contributed by atoms with Crippen molar-refractivity contribution < 1.29 is 0 Å². The van der Waals surface area contributed by atoms with Crippen molar-refractivity contribution >= 4 is 28.5 Å². The van der Waals surface area contributed by atoms with E-state index >= 15 is 0 Å². The Morgan fingerprint density at radius 2 is 2.04 bits per heavy atom. The first-order valence-electron chi connectivity index (χ1n) is 9.61. The molecule has 0 spiro atoms. The standard InChI is InChI=1S/C22H26ClN4/c1-22(2,3)14-7-6-8-15(11-14)26-21-25-13-18(23)20(27-21)17-12-24-19-10-5-4-9-16(17)19/h4-5,8-10,12-15,24H,6-7,11H2,1-3H3,(H,25,26,27)/t14-,15+/m0/s1. The summed E-state index contributed by atoms with van der Waals surface area (Å²) in [7, 11) is 0. The molecule has 5 heteroatoms. The molecule has 2 aromatic heterocycles. The van der Waals surface area contributed by atoms with E-state index in [9.17, 15) is 0 Å². The van der Waals surface area contributed by atoms with Gasteiger partial charge in [-0.1, -0.05) is 50.6 Å². The molecule has 2 heterocycles. The van der Waals surface area contributed by atoms with Crippen LogP contribution in [0.5, 0.6) is 0 Å². The molecule has 3 aromatic rings. The third-order valence-corrected chi connectivity index (χ3v) is 5.91.